The molecular weight excluding hydrogens is 290 g/mol. The van der Waals surface area contributed by atoms with Crippen LogP contribution in [0.2, 0.25) is 0 Å². The van der Waals surface area contributed by atoms with Gasteiger partial charge in [0.05, 0.1) is 18.0 Å². The number of carbonyl (C=O) groups excluding carboxylic acids is 1. The molecule has 2 aromatic carbocycles. The Morgan fingerprint density at radius 3 is 2.78 bits per heavy atom. The van der Waals surface area contributed by atoms with Gasteiger partial charge in [0.15, 0.2) is 0 Å². The highest BCUT2D eigenvalue weighted by Crippen LogP contribution is 2.31. The first-order valence-electron chi connectivity index (χ1n) is 7.74. The molecule has 118 valence electrons. The second-order valence-corrected chi connectivity index (χ2v) is 6.00. The fourth-order valence-corrected chi connectivity index (χ4v) is 3.20. The third-order valence-corrected chi connectivity index (χ3v) is 4.31. The van der Waals surface area contributed by atoms with Crippen molar-refractivity contribution >= 4 is 11.9 Å². The van der Waals surface area contributed by atoms with E-state index in [0.29, 0.717) is 5.56 Å². The SMILES string of the molecule is Cc1ccc2c(c1)CCC2NC(=O)Cc1ccccc1C(=O)O. The van der Waals surface area contributed by atoms with Crippen LogP contribution in [0.3, 0.4) is 0 Å². The largest absolute Gasteiger partial charge is 0.478 e. The van der Waals surface area contributed by atoms with Crippen molar-refractivity contribution in [2.75, 3.05) is 0 Å². The van der Waals surface area contributed by atoms with Gasteiger partial charge in [0.2, 0.25) is 5.91 Å². The van der Waals surface area contributed by atoms with E-state index in [1.807, 2.05) is 0 Å². The number of fused-ring (bicyclic) bond motifs is 1. The normalized spacial score (nSPS) is 16.0. The van der Waals surface area contributed by atoms with Gasteiger partial charge < -0.3 is 10.4 Å². The predicted octanol–water partition coefficient (Wildman–Crippen LogP) is 3.04. The molecular formula is C19H19NO3. The first-order chi connectivity index (χ1) is 11.0. The van der Waals surface area contributed by atoms with E-state index in [0.717, 1.165) is 12.8 Å². The van der Waals surface area contributed by atoms with E-state index in [-0.39, 0.29) is 23.9 Å². The molecule has 0 saturated carbocycles. The maximum absolute atomic E-state index is 12.3. The molecule has 3 rings (SSSR count). The zero-order valence-electron chi connectivity index (χ0n) is 13.0. The molecule has 0 aliphatic heterocycles. The Morgan fingerprint density at radius 2 is 2.00 bits per heavy atom. The quantitative estimate of drug-likeness (QED) is 0.912. The van der Waals surface area contributed by atoms with Gasteiger partial charge in [0.1, 0.15) is 0 Å². The van der Waals surface area contributed by atoms with Crippen molar-refractivity contribution in [3.63, 3.8) is 0 Å². The number of rotatable bonds is 4. The average Bonchev–Trinajstić information content (AvgIpc) is 2.89. The second-order valence-electron chi connectivity index (χ2n) is 6.00. The van der Waals surface area contributed by atoms with Crippen molar-refractivity contribution in [2.24, 2.45) is 0 Å². The van der Waals surface area contributed by atoms with Gasteiger partial charge in [-0.25, -0.2) is 4.79 Å². The number of amides is 1. The number of hydrogen-bond donors (Lipinski definition) is 2. The van der Waals surface area contributed by atoms with E-state index in [4.69, 9.17) is 0 Å². The lowest BCUT2D eigenvalue weighted by atomic mass is 10.0. The Bertz CT molecular complexity index is 767. The number of nitrogens with one attached hydrogen (secondary N) is 1. The maximum Gasteiger partial charge on any atom is 0.335 e. The molecule has 0 saturated heterocycles. The van der Waals surface area contributed by atoms with Crippen molar-refractivity contribution in [2.45, 2.75) is 32.2 Å². The number of hydrogen-bond acceptors (Lipinski definition) is 2. The molecule has 4 nitrogen and oxygen atoms in total. The summed E-state index contributed by atoms with van der Waals surface area (Å²) in [5, 5.41) is 12.2. The van der Waals surface area contributed by atoms with Crippen LogP contribution in [0.1, 0.15) is 45.1 Å². The van der Waals surface area contributed by atoms with Crippen LogP contribution in [0.25, 0.3) is 0 Å². The number of carboxylic acid groups (broad SMARTS) is 1. The molecule has 1 aliphatic carbocycles. The molecule has 4 heteroatoms. The molecule has 0 fully saturated rings. The van der Waals surface area contributed by atoms with Gasteiger partial charge in [-0.2, -0.15) is 0 Å². The molecule has 0 aromatic heterocycles. The topological polar surface area (TPSA) is 66.4 Å². The summed E-state index contributed by atoms with van der Waals surface area (Å²) in [7, 11) is 0. The summed E-state index contributed by atoms with van der Waals surface area (Å²) in [6.07, 6.45) is 1.94. The van der Waals surface area contributed by atoms with E-state index in [1.54, 1.807) is 18.2 Å². The van der Waals surface area contributed by atoms with E-state index in [1.165, 1.54) is 22.8 Å². The van der Waals surface area contributed by atoms with Gasteiger partial charge in [-0.15, -0.1) is 0 Å². The molecule has 2 N–H and O–H groups in total. The number of carboxylic acids is 1. The maximum atomic E-state index is 12.3. The second kappa shape index (κ2) is 6.24. The Labute approximate surface area is 135 Å². The summed E-state index contributed by atoms with van der Waals surface area (Å²) in [5.41, 5.74) is 4.42. The van der Waals surface area contributed by atoms with Crippen molar-refractivity contribution < 1.29 is 14.7 Å². The fraction of sp³-hybridized carbons (Fsp3) is 0.263. The van der Waals surface area contributed by atoms with Gasteiger partial charge >= 0.3 is 5.97 Å². The summed E-state index contributed by atoms with van der Waals surface area (Å²) >= 11 is 0. The Hall–Kier alpha value is -2.62. The van der Waals surface area contributed by atoms with Gasteiger partial charge in [0, 0.05) is 0 Å². The van der Waals surface area contributed by atoms with Gasteiger partial charge in [0.25, 0.3) is 0 Å². The Kier molecular flexibility index (Phi) is 4.15. The fourth-order valence-electron chi connectivity index (χ4n) is 3.20. The minimum atomic E-state index is -1.00. The lowest BCUT2D eigenvalue weighted by molar-refractivity contribution is -0.121. The van der Waals surface area contributed by atoms with Crippen LogP contribution < -0.4 is 5.32 Å². The highest BCUT2D eigenvalue weighted by molar-refractivity contribution is 5.91. The third kappa shape index (κ3) is 3.26. The highest BCUT2D eigenvalue weighted by Gasteiger charge is 2.24. The van der Waals surface area contributed by atoms with Crippen LogP contribution >= 0.6 is 0 Å². The summed E-state index contributed by atoms with van der Waals surface area (Å²) in [5.74, 6) is -1.15. The number of aryl methyl sites for hydroxylation is 2. The highest BCUT2D eigenvalue weighted by atomic mass is 16.4. The number of carbonyl (C=O) groups is 2. The molecule has 23 heavy (non-hydrogen) atoms. The molecule has 1 atom stereocenters. The van der Waals surface area contributed by atoms with E-state index >= 15 is 0 Å². The first-order valence-corrected chi connectivity index (χ1v) is 7.74. The molecule has 0 spiro atoms. The zero-order valence-corrected chi connectivity index (χ0v) is 13.0. The smallest absolute Gasteiger partial charge is 0.335 e. The van der Waals surface area contributed by atoms with Crippen LogP contribution in [-0.4, -0.2) is 17.0 Å². The van der Waals surface area contributed by atoms with Crippen molar-refractivity contribution in [3.05, 3.63) is 70.3 Å². The minimum absolute atomic E-state index is 0.0232. The van der Waals surface area contributed by atoms with Crippen LogP contribution in [0.5, 0.6) is 0 Å². The van der Waals surface area contributed by atoms with E-state index in [9.17, 15) is 14.7 Å². The summed E-state index contributed by atoms with van der Waals surface area (Å²) in [6.45, 7) is 2.06. The summed E-state index contributed by atoms with van der Waals surface area (Å²) < 4.78 is 0. The van der Waals surface area contributed by atoms with Crippen LogP contribution in [0.15, 0.2) is 42.5 Å². The van der Waals surface area contributed by atoms with Gasteiger partial charge in [-0.05, 0) is 42.5 Å². The Balaban J connectivity index is 1.71. The first kappa shape index (κ1) is 15.3. The van der Waals surface area contributed by atoms with Gasteiger partial charge in [-0.1, -0.05) is 42.0 Å². The molecule has 0 heterocycles. The van der Waals surface area contributed by atoms with Crippen LogP contribution in [0.4, 0.5) is 0 Å². The lowest BCUT2D eigenvalue weighted by Gasteiger charge is -2.15. The Morgan fingerprint density at radius 1 is 1.22 bits per heavy atom. The molecule has 0 bridgehead atoms. The third-order valence-electron chi connectivity index (χ3n) is 4.31. The molecule has 2 aromatic rings. The van der Waals surface area contributed by atoms with E-state index in [2.05, 4.69) is 30.4 Å². The monoisotopic (exact) mass is 309 g/mol. The van der Waals surface area contributed by atoms with Crippen molar-refractivity contribution in [1.82, 2.24) is 5.32 Å². The van der Waals surface area contributed by atoms with Crippen LogP contribution in [-0.2, 0) is 17.6 Å². The van der Waals surface area contributed by atoms with Gasteiger partial charge in [-0.3, -0.25) is 4.79 Å². The number of aromatic carboxylic acids is 1. The summed E-state index contributed by atoms with van der Waals surface area (Å²) in [6, 6.07) is 13.0. The zero-order chi connectivity index (χ0) is 16.4. The molecule has 1 aliphatic rings. The molecule has 0 radical (unpaired) electrons. The standard InChI is InChI=1S/C19H19NO3/c1-12-6-8-15-14(10-12)7-9-17(15)20-18(21)11-13-4-2-3-5-16(13)19(22)23/h2-6,8,10,17H,7,9,11H2,1H3,(H,20,21)(H,22,23). The minimum Gasteiger partial charge on any atom is -0.478 e. The predicted molar refractivity (Wildman–Crippen MR) is 87.5 cm³/mol. The number of benzene rings is 2. The summed E-state index contributed by atoms with van der Waals surface area (Å²) in [4.78, 5) is 23.5. The van der Waals surface area contributed by atoms with Crippen LogP contribution in [0, 0.1) is 6.92 Å². The average molecular weight is 309 g/mol. The van der Waals surface area contributed by atoms with E-state index < -0.39 is 5.97 Å². The van der Waals surface area contributed by atoms with Crippen molar-refractivity contribution in [1.29, 1.82) is 0 Å². The van der Waals surface area contributed by atoms with Crippen molar-refractivity contribution in [3.8, 4) is 0 Å². The lowest BCUT2D eigenvalue weighted by Crippen LogP contribution is -2.29. The molecule has 1 amide bonds. The molecule has 1 unspecified atom stereocenters.